The van der Waals surface area contributed by atoms with E-state index in [-0.39, 0.29) is 13.0 Å². The molecule has 0 saturated heterocycles. The van der Waals surface area contributed by atoms with E-state index in [1.54, 1.807) is 18.2 Å². The zero-order valence-corrected chi connectivity index (χ0v) is 16.9. The molecule has 11 heteroatoms. The van der Waals surface area contributed by atoms with Crippen molar-refractivity contribution in [2.24, 2.45) is 0 Å². The normalized spacial score (nSPS) is 17.6. The van der Waals surface area contributed by atoms with Gasteiger partial charge in [-0.25, -0.2) is 13.1 Å². The highest BCUT2D eigenvalue weighted by molar-refractivity contribution is 7.88. The van der Waals surface area contributed by atoms with Gasteiger partial charge in [0, 0.05) is 18.5 Å². The van der Waals surface area contributed by atoms with Crippen LogP contribution in [0.15, 0.2) is 18.2 Å². The molecule has 156 valence electrons. The van der Waals surface area contributed by atoms with Gasteiger partial charge in [0.1, 0.15) is 5.75 Å². The Balaban J connectivity index is 1.99. The number of aliphatic hydroxyl groups is 1. The van der Waals surface area contributed by atoms with E-state index in [9.17, 15) is 23.3 Å². The minimum absolute atomic E-state index is 0.0314. The van der Waals surface area contributed by atoms with Gasteiger partial charge in [-0.3, -0.25) is 4.79 Å². The summed E-state index contributed by atoms with van der Waals surface area (Å²) < 4.78 is 35.2. The first-order chi connectivity index (χ1) is 13.2. The third-order valence-corrected chi connectivity index (χ3v) is 4.98. The number of benzene rings is 1. The largest absolute Gasteiger partial charge is 0.547 e. The van der Waals surface area contributed by atoms with Gasteiger partial charge in [-0.05, 0) is 18.4 Å². The van der Waals surface area contributed by atoms with Crippen molar-refractivity contribution in [1.82, 2.24) is 10.0 Å². The Hall–Kier alpha value is -1.66. The van der Waals surface area contributed by atoms with Crippen molar-refractivity contribution in [2.75, 3.05) is 19.4 Å². The van der Waals surface area contributed by atoms with E-state index in [0.717, 1.165) is 24.7 Å². The van der Waals surface area contributed by atoms with Crippen molar-refractivity contribution >= 4 is 23.0 Å². The molecule has 9 nitrogen and oxygen atoms in total. The summed E-state index contributed by atoms with van der Waals surface area (Å²) in [5.41, 5.74) is 1.15. The molecular formula is C17H27BN2O7S. The molecule has 1 unspecified atom stereocenters. The van der Waals surface area contributed by atoms with Gasteiger partial charge in [-0.2, -0.15) is 0 Å². The number of ether oxygens (including phenoxy) is 1. The molecule has 0 aliphatic carbocycles. The topological polar surface area (TPSA) is 134 Å². The summed E-state index contributed by atoms with van der Waals surface area (Å²) in [5.74, 6) is -0.749. The number of rotatable bonds is 10. The Bertz CT molecular complexity index is 775. The Morgan fingerprint density at radius 3 is 2.89 bits per heavy atom. The Morgan fingerprint density at radius 2 is 2.21 bits per heavy atom. The second kappa shape index (κ2) is 10.2. The van der Waals surface area contributed by atoms with Crippen molar-refractivity contribution in [1.29, 1.82) is 0 Å². The number of hydrogen-bond acceptors (Lipinski definition) is 7. The summed E-state index contributed by atoms with van der Waals surface area (Å²) in [4.78, 5) is 12.0. The van der Waals surface area contributed by atoms with E-state index >= 15 is 0 Å². The SMILES string of the molecule is CCCCOC(O)c1cccc2c1OB(O)[C@@H](NC(=O)CCNS(C)(=O)=O)C2. The number of fused-ring (bicyclic) bond motifs is 1. The molecule has 0 aromatic heterocycles. The lowest BCUT2D eigenvalue weighted by Gasteiger charge is -2.30. The first-order valence-corrected chi connectivity index (χ1v) is 11.1. The van der Waals surface area contributed by atoms with Crippen LogP contribution in [0.25, 0.3) is 0 Å². The predicted octanol–water partition coefficient (Wildman–Crippen LogP) is -0.127. The van der Waals surface area contributed by atoms with E-state index in [0.29, 0.717) is 24.3 Å². The zero-order chi connectivity index (χ0) is 20.7. The maximum atomic E-state index is 12.0. The number of sulfonamides is 1. The second-order valence-electron chi connectivity index (χ2n) is 6.72. The molecule has 1 heterocycles. The fourth-order valence-corrected chi connectivity index (χ4v) is 3.30. The fraction of sp³-hybridized carbons (Fsp3) is 0.588. The van der Waals surface area contributed by atoms with E-state index in [2.05, 4.69) is 10.0 Å². The molecule has 1 aromatic carbocycles. The predicted molar refractivity (Wildman–Crippen MR) is 104 cm³/mol. The Labute approximate surface area is 165 Å². The van der Waals surface area contributed by atoms with Crippen LogP contribution >= 0.6 is 0 Å². The summed E-state index contributed by atoms with van der Waals surface area (Å²) in [6, 6.07) is 5.20. The van der Waals surface area contributed by atoms with E-state index in [1.165, 1.54) is 0 Å². The maximum absolute atomic E-state index is 12.0. The summed E-state index contributed by atoms with van der Waals surface area (Å²) in [6.07, 6.45) is 1.85. The van der Waals surface area contributed by atoms with Crippen molar-refractivity contribution < 1.29 is 32.7 Å². The van der Waals surface area contributed by atoms with Crippen LogP contribution in [0.4, 0.5) is 0 Å². The van der Waals surface area contributed by atoms with Gasteiger partial charge in [0.15, 0.2) is 6.29 Å². The molecule has 28 heavy (non-hydrogen) atoms. The van der Waals surface area contributed by atoms with Crippen LogP contribution in [0.2, 0.25) is 0 Å². The highest BCUT2D eigenvalue weighted by Crippen LogP contribution is 2.34. The van der Waals surface area contributed by atoms with Gasteiger partial charge in [0.2, 0.25) is 15.9 Å². The van der Waals surface area contributed by atoms with Gasteiger partial charge in [0.05, 0.1) is 18.8 Å². The number of carbonyl (C=O) groups excluding carboxylic acids is 1. The quantitative estimate of drug-likeness (QED) is 0.238. The molecule has 1 aliphatic rings. The van der Waals surface area contributed by atoms with Gasteiger partial charge >= 0.3 is 7.12 Å². The standard InChI is InChI=1S/C17H27BN2O7S/c1-3-4-10-26-17(22)13-7-5-6-12-11-14(18(23)27-16(12)13)20-15(21)8-9-19-28(2,24)25/h5-7,14,17,19,22-23H,3-4,8-11H2,1-2H3,(H,20,21)/t14-,17?/m0/s1. The molecule has 1 aliphatic heterocycles. The lowest BCUT2D eigenvalue weighted by atomic mass is 9.72. The van der Waals surface area contributed by atoms with Crippen molar-refractivity contribution in [3.8, 4) is 5.75 Å². The first kappa shape index (κ1) is 22.6. The number of amides is 1. The van der Waals surface area contributed by atoms with Crippen molar-refractivity contribution in [2.45, 2.75) is 44.8 Å². The van der Waals surface area contributed by atoms with E-state index in [1.807, 2.05) is 6.92 Å². The highest BCUT2D eigenvalue weighted by atomic mass is 32.2. The van der Waals surface area contributed by atoms with Gasteiger partial charge < -0.3 is 24.8 Å². The molecule has 2 atom stereocenters. The molecule has 1 amide bonds. The smallest absolute Gasteiger partial charge is 0.534 e. The summed E-state index contributed by atoms with van der Waals surface area (Å²) >= 11 is 0. The lowest BCUT2D eigenvalue weighted by molar-refractivity contribution is -0.121. The van der Waals surface area contributed by atoms with Crippen LogP contribution in [0, 0.1) is 0 Å². The molecule has 0 spiro atoms. The molecule has 0 fully saturated rings. The third kappa shape index (κ3) is 6.75. The van der Waals surface area contributed by atoms with Crippen LogP contribution in [-0.2, 0) is 26.0 Å². The first-order valence-electron chi connectivity index (χ1n) is 9.21. The third-order valence-electron chi connectivity index (χ3n) is 4.25. The fourth-order valence-electron chi connectivity index (χ4n) is 2.82. The number of nitrogens with one attached hydrogen (secondary N) is 2. The average Bonchev–Trinajstić information content (AvgIpc) is 2.61. The molecule has 0 bridgehead atoms. The number of unbranched alkanes of at least 4 members (excludes halogenated alkanes) is 1. The van der Waals surface area contributed by atoms with E-state index in [4.69, 9.17) is 9.39 Å². The lowest BCUT2D eigenvalue weighted by Crippen LogP contribution is -2.53. The Morgan fingerprint density at radius 1 is 1.46 bits per heavy atom. The molecule has 4 N–H and O–H groups in total. The maximum Gasteiger partial charge on any atom is 0.547 e. The number of carbonyl (C=O) groups is 1. The second-order valence-corrected chi connectivity index (χ2v) is 8.55. The molecule has 1 aromatic rings. The van der Waals surface area contributed by atoms with Crippen LogP contribution in [0.5, 0.6) is 5.75 Å². The Kier molecular flexibility index (Phi) is 8.26. The number of para-hydroxylation sites is 1. The molecule has 0 saturated carbocycles. The number of aliphatic hydroxyl groups excluding tert-OH is 1. The average molecular weight is 414 g/mol. The van der Waals surface area contributed by atoms with Crippen LogP contribution in [-0.4, -0.2) is 56.9 Å². The zero-order valence-electron chi connectivity index (χ0n) is 16.1. The minimum Gasteiger partial charge on any atom is -0.534 e. The van der Waals surface area contributed by atoms with Crippen molar-refractivity contribution in [3.63, 3.8) is 0 Å². The number of hydrogen-bond donors (Lipinski definition) is 4. The van der Waals surface area contributed by atoms with Gasteiger partial charge in [-0.1, -0.05) is 31.5 Å². The van der Waals surface area contributed by atoms with E-state index < -0.39 is 35.3 Å². The van der Waals surface area contributed by atoms with Crippen LogP contribution in [0.1, 0.15) is 43.6 Å². The summed E-state index contributed by atoms with van der Waals surface area (Å²) in [7, 11) is -4.67. The van der Waals surface area contributed by atoms with Gasteiger partial charge in [0.25, 0.3) is 0 Å². The molecule has 0 radical (unpaired) electrons. The molecular weight excluding hydrogens is 387 g/mol. The minimum atomic E-state index is -3.36. The van der Waals surface area contributed by atoms with Gasteiger partial charge in [-0.15, -0.1) is 0 Å². The summed E-state index contributed by atoms with van der Waals surface area (Å²) in [5, 5.41) is 23.2. The highest BCUT2D eigenvalue weighted by Gasteiger charge is 2.37. The molecule has 2 rings (SSSR count). The van der Waals surface area contributed by atoms with Crippen LogP contribution < -0.4 is 14.7 Å². The van der Waals surface area contributed by atoms with Crippen molar-refractivity contribution in [3.05, 3.63) is 29.3 Å². The summed E-state index contributed by atoms with van der Waals surface area (Å²) in [6.45, 7) is 2.39. The van der Waals surface area contributed by atoms with Crippen LogP contribution in [0.3, 0.4) is 0 Å². The monoisotopic (exact) mass is 414 g/mol.